The highest BCUT2D eigenvalue weighted by Crippen LogP contribution is 2.35. The largest absolute Gasteiger partial charge is 0.467 e. The second-order valence-electron chi connectivity index (χ2n) is 8.06. The van der Waals surface area contributed by atoms with Crippen molar-refractivity contribution in [2.45, 2.75) is 24.4 Å². The molecule has 0 fully saturated rings. The van der Waals surface area contributed by atoms with Crippen LogP contribution in [0.25, 0.3) is 22.4 Å². The Morgan fingerprint density at radius 1 is 1.09 bits per heavy atom. The molecule has 0 saturated carbocycles. The number of rotatable bonds is 4. The van der Waals surface area contributed by atoms with E-state index >= 15 is 0 Å². The molecule has 7 nitrogen and oxygen atoms in total. The van der Waals surface area contributed by atoms with Gasteiger partial charge < -0.3 is 9.47 Å². The summed E-state index contributed by atoms with van der Waals surface area (Å²) < 4.78 is 14.7. The highest BCUT2D eigenvalue weighted by molar-refractivity contribution is 7.98. The van der Waals surface area contributed by atoms with Crippen LogP contribution in [0.1, 0.15) is 16.7 Å². The zero-order valence-corrected chi connectivity index (χ0v) is 19.8. The third-order valence-electron chi connectivity index (χ3n) is 5.80. The summed E-state index contributed by atoms with van der Waals surface area (Å²) in [5.74, 6) is 1.84. The maximum absolute atomic E-state index is 13.4. The van der Waals surface area contributed by atoms with Gasteiger partial charge in [0.2, 0.25) is 5.78 Å². The van der Waals surface area contributed by atoms with Gasteiger partial charge in [-0.05, 0) is 43.3 Å². The van der Waals surface area contributed by atoms with Crippen molar-refractivity contribution >= 4 is 40.0 Å². The first kappa shape index (κ1) is 21.2. The molecule has 0 spiro atoms. The number of hydrogen-bond donors (Lipinski definition) is 0. The molecule has 0 amide bonds. The fraction of sp³-hybridized carbons (Fsp3) is 0.160. The van der Waals surface area contributed by atoms with Gasteiger partial charge in [0, 0.05) is 21.9 Å². The number of hydrogen-bond acceptors (Lipinski definition) is 6. The predicted octanol–water partition coefficient (Wildman–Crippen LogP) is 5.15. The van der Waals surface area contributed by atoms with E-state index in [2.05, 4.69) is 10.2 Å². The zero-order chi connectivity index (χ0) is 23.2. The van der Waals surface area contributed by atoms with Gasteiger partial charge in [0.15, 0.2) is 11.9 Å². The van der Waals surface area contributed by atoms with Gasteiger partial charge in [0.25, 0.3) is 5.56 Å². The standard InChI is InChI=1S/C25H19ClN4O3S/c1-15-6-8-19(9-7-15)29-23(31)20-4-2-3-5-21(20)30-24(29)27-28-25(30)34-13-17-11-18(26)10-16-12-32-14-33-22(16)17/h2-11H,12-14H2,1H3. The van der Waals surface area contributed by atoms with Gasteiger partial charge >= 0.3 is 0 Å². The number of fused-ring (bicyclic) bond motifs is 4. The third-order valence-corrected chi connectivity index (χ3v) is 6.99. The smallest absolute Gasteiger partial charge is 0.267 e. The highest BCUT2D eigenvalue weighted by Gasteiger charge is 2.20. The molecule has 9 heteroatoms. The van der Waals surface area contributed by atoms with Gasteiger partial charge in [-0.25, -0.2) is 4.57 Å². The third kappa shape index (κ3) is 3.55. The van der Waals surface area contributed by atoms with Crippen LogP contribution in [0.4, 0.5) is 0 Å². The lowest BCUT2D eigenvalue weighted by molar-refractivity contribution is -0.0168. The molecule has 0 aliphatic carbocycles. The Balaban J connectivity index is 1.49. The van der Waals surface area contributed by atoms with E-state index in [0.29, 0.717) is 33.7 Å². The molecule has 1 aliphatic rings. The maximum Gasteiger partial charge on any atom is 0.267 e. The molecular weight excluding hydrogens is 472 g/mol. The minimum absolute atomic E-state index is 0.131. The van der Waals surface area contributed by atoms with E-state index in [-0.39, 0.29) is 12.4 Å². The van der Waals surface area contributed by atoms with Crippen molar-refractivity contribution in [1.82, 2.24) is 19.2 Å². The Bertz CT molecular complexity index is 1610. The van der Waals surface area contributed by atoms with Crippen molar-refractivity contribution in [3.8, 4) is 11.4 Å². The van der Waals surface area contributed by atoms with Crippen LogP contribution in [0.3, 0.4) is 0 Å². The molecule has 0 bridgehead atoms. The number of halogens is 1. The summed E-state index contributed by atoms with van der Waals surface area (Å²) in [6.45, 7) is 2.70. The molecule has 0 N–H and O–H groups in total. The minimum atomic E-state index is -0.131. The number of nitrogens with zero attached hydrogens (tertiary/aromatic N) is 4. The van der Waals surface area contributed by atoms with E-state index in [1.807, 2.05) is 72.0 Å². The molecule has 0 atom stereocenters. The van der Waals surface area contributed by atoms with Crippen molar-refractivity contribution < 1.29 is 9.47 Å². The van der Waals surface area contributed by atoms with Crippen molar-refractivity contribution in [3.05, 3.63) is 92.7 Å². The number of para-hydroxylation sites is 1. The average molecular weight is 491 g/mol. The summed E-state index contributed by atoms with van der Waals surface area (Å²) in [4.78, 5) is 13.4. The molecule has 1 aliphatic heterocycles. The van der Waals surface area contributed by atoms with Crippen LogP contribution in [0.5, 0.6) is 5.75 Å². The highest BCUT2D eigenvalue weighted by atomic mass is 35.5. The van der Waals surface area contributed by atoms with Crippen LogP contribution in [0, 0.1) is 6.92 Å². The van der Waals surface area contributed by atoms with Crippen LogP contribution in [0.15, 0.2) is 70.6 Å². The quantitative estimate of drug-likeness (QED) is 0.324. The van der Waals surface area contributed by atoms with Gasteiger partial charge in [0.05, 0.1) is 23.2 Å². The lowest BCUT2D eigenvalue weighted by atomic mass is 10.1. The van der Waals surface area contributed by atoms with E-state index in [0.717, 1.165) is 33.6 Å². The summed E-state index contributed by atoms with van der Waals surface area (Å²) >= 11 is 7.85. The van der Waals surface area contributed by atoms with E-state index in [1.165, 1.54) is 11.8 Å². The summed E-state index contributed by atoms with van der Waals surface area (Å²) in [7, 11) is 0. The zero-order valence-electron chi connectivity index (χ0n) is 18.2. The Morgan fingerprint density at radius 3 is 2.76 bits per heavy atom. The SMILES string of the molecule is Cc1ccc(-n2c(=O)c3ccccc3n3c(SCc4cc(Cl)cc5c4OCOC5)nnc23)cc1. The van der Waals surface area contributed by atoms with E-state index < -0.39 is 0 Å². The van der Waals surface area contributed by atoms with Gasteiger partial charge in [0.1, 0.15) is 5.75 Å². The average Bonchev–Trinajstić information content (AvgIpc) is 3.27. The van der Waals surface area contributed by atoms with Gasteiger partial charge in [-0.3, -0.25) is 9.20 Å². The Hall–Kier alpha value is -3.33. The normalized spacial score (nSPS) is 13.2. The molecule has 3 aromatic carbocycles. The van der Waals surface area contributed by atoms with Gasteiger partial charge in [-0.1, -0.05) is 53.2 Å². The molecule has 0 saturated heterocycles. The van der Waals surface area contributed by atoms with Crippen LogP contribution < -0.4 is 10.3 Å². The summed E-state index contributed by atoms with van der Waals surface area (Å²) in [5, 5.41) is 10.8. The monoisotopic (exact) mass is 490 g/mol. The Kier molecular flexibility index (Phi) is 5.28. The Morgan fingerprint density at radius 2 is 1.91 bits per heavy atom. The fourth-order valence-corrected chi connectivity index (χ4v) is 5.38. The first-order valence-electron chi connectivity index (χ1n) is 10.7. The lowest BCUT2D eigenvalue weighted by Crippen LogP contribution is -2.21. The topological polar surface area (TPSA) is 70.7 Å². The van der Waals surface area contributed by atoms with E-state index in [4.69, 9.17) is 21.1 Å². The second-order valence-corrected chi connectivity index (χ2v) is 9.44. The molecule has 6 rings (SSSR count). The number of aromatic nitrogens is 4. The van der Waals surface area contributed by atoms with Crippen molar-refractivity contribution in [1.29, 1.82) is 0 Å². The van der Waals surface area contributed by atoms with E-state index in [9.17, 15) is 4.79 Å². The molecule has 2 aromatic heterocycles. The maximum atomic E-state index is 13.4. The molecule has 0 radical (unpaired) electrons. The number of aryl methyl sites for hydroxylation is 1. The molecule has 3 heterocycles. The summed E-state index contributed by atoms with van der Waals surface area (Å²) in [6, 6.07) is 19.1. The number of thioether (sulfide) groups is 1. The summed E-state index contributed by atoms with van der Waals surface area (Å²) in [5.41, 5.74) is 4.38. The van der Waals surface area contributed by atoms with Crippen LogP contribution >= 0.6 is 23.4 Å². The van der Waals surface area contributed by atoms with Gasteiger partial charge in [-0.2, -0.15) is 0 Å². The van der Waals surface area contributed by atoms with Crippen molar-refractivity contribution in [3.63, 3.8) is 0 Å². The van der Waals surface area contributed by atoms with Crippen molar-refractivity contribution in [2.24, 2.45) is 0 Å². The number of ether oxygens (including phenoxy) is 2. The first-order chi connectivity index (χ1) is 16.6. The van der Waals surface area contributed by atoms with Crippen molar-refractivity contribution in [2.75, 3.05) is 6.79 Å². The van der Waals surface area contributed by atoms with Crippen LogP contribution in [-0.4, -0.2) is 26.0 Å². The predicted molar refractivity (Wildman–Crippen MR) is 132 cm³/mol. The van der Waals surface area contributed by atoms with E-state index in [1.54, 1.807) is 4.57 Å². The molecule has 170 valence electrons. The second kappa shape index (κ2) is 8.47. The first-order valence-corrected chi connectivity index (χ1v) is 12.1. The summed E-state index contributed by atoms with van der Waals surface area (Å²) in [6.07, 6.45) is 0. The van der Waals surface area contributed by atoms with Gasteiger partial charge in [-0.15, -0.1) is 10.2 Å². The molecular formula is C25H19ClN4O3S. The molecule has 5 aromatic rings. The van der Waals surface area contributed by atoms with Crippen LogP contribution in [-0.2, 0) is 17.1 Å². The van der Waals surface area contributed by atoms with Crippen LogP contribution in [0.2, 0.25) is 5.02 Å². The molecule has 0 unspecified atom stereocenters. The Labute approximate surface area is 203 Å². The number of benzene rings is 3. The fourth-order valence-electron chi connectivity index (χ4n) is 4.20. The molecule has 34 heavy (non-hydrogen) atoms. The lowest BCUT2D eigenvalue weighted by Gasteiger charge is -2.21. The minimum Gasteiger partial charge on any atom is -0.467 e.